The normalized spacial score (nSPS) is 39.0. The second-order valence-corrected chi connectivity index (χ2v) is 3.11. The quantitative estimate of drug-likeness (QED) is 0.527. The molecule has 0 amide bonds. The molecule has 0 aromatic carbocycles. The maximum atomic E-state index is 9.33. The van der Waals surface area contributed by atoms with Crippen molar-refractivity contribution < 1.29 is 14.6 Å². The molecule has 64 valence electrons. The van der Waals surface area contributed by atoms with Gasteiger partial charge in [-0.3, -0.25) is 0 Å². The maximum Gasteiger partial charge on any atom is 0.0948 e. The Hall–Kier alpha value is -0.160. The summed E-state index contributed by atoms with van der Waals surface area (Å²) in [5.74, 6) is 0. The van der Waals surface area contributed by atoms with E-state index in [1.54, 1.807) is 0 Å². The molecular formula is C7H13NO3. The number of rotatable bonds is 2. The van der Waals surface area contributed by atoms with Crippen LogP contribution in [0.2, 0.25) is 0 Å². The van der Waals surface area contributed by atoms with Gasteiger partial charge in [0.05, 0.1) is 44.6 Å². The molecule has 2 N–H and O–H groups in total. The average molecular weight is 159 g/mol. The van der Waals surface area contributed by atoms with Gasteiger partial charge >= 0.3 is 0 Å². The molecule has 0 bridgehead atoms. The fourth-order valence-electron chi connectivity index (χ4n) is 1.34. The first-order valence-corrected chi connectivity index (χ1v) is 3.96. The van der Waals surface area contributed by atoms with Crippen molar-refractivity contribution in [3.8, 4) is 0 Å². The number of hydrogen-bond donors (Lipinski definition) is 2. The van der Waals surface area contributed by atoms with Crippen molar-refractivity contribution in [1.82, 2.24) is 5.32 Å². The van der Waals surface area contributed by atoms with Gasteiger partial charge in [0.2, 0.25) is 0 Å². The Kier molecular flexibility index (Phi) is 2.09. The Labute approximate surface area is 65.5 Å². The lowest BCUT2D eigenvalue weighted by Crippen LogP contribution is -2.53. The van der Waals surface area contributed by atoms with E-state index in [1.165, 1.54) is 0 Å². The topological polar surface area (TPSA) is 50.7 Å². The van der Waals surface area contributed by atoms with Crippen LogP contribution < -0.4 is 5.32 Å². The van der Waals surface area contributed by atoms with E-state index in [0.717, 1.165) is 13.2 Å². The van der Waals surface area contributed by atoms with Crippen LogP contribution in [0.25, 0.3) is 0 Å². The molecule has 0 aromatic rings. The molecule has 2 aliphatic heterocycles. The van der Waals surface area contributed by atoms with Crippen LogP contribution in [0.1, 0.15) is 0 Å². The minimum atomic E-state index is -0.337. The number of nitrogens with one attached hydrogen (secondary N) is 1. The van der Waals surface area contributed by atoms with Crippen LogP contribution in [0.3, 0.4) is 0 Å². The maximum absolute atomic E-state index is 9.33. The van der Waals surface area contributed by atoms with Gasteiger partial charge in [0.25, 0.3) is 0 Å². The first-order chi connectivity index (χ1) is 5.36. The molecule has 0 radical (unpaired) electrons. The lowest BCUT2D eigenvalue weighted by Gasteiger charge is -2.30. The Morgan fingerprint density at radius 2 is 1.82 bits per heavy atom. The molecule has 2 atom stereocenters. The van der Waals surface area contributed by atoms with E-state index >= 15 is 0 Å². The molecule has 0 aromatic heterocycles. The van der Waals surface area contributed by atoms with Gasteiger partial charge < -0.3 is 19.9 Å². The van der Waals surface area contributed by atoms with Crippen molar-refractivity contribution in [2.75, 3.05) is 26.4 Å². The molecule has 2 saturated heterocycles. The molecule has 2 fully saturated rings. The summed E-state index contributed by atoms with van der Waals surface area (Å²) < 4.78 is 10.1. The molecule has 2 rings (SSSR count). The van der Waals surface area contributed by atoms with Crippen LogP contribution in [0.5, 0.6) is 0 Å². The predicted octanol–water partition coefficient (Wildman–Crippen LogP) is -1.27. The third-order valence-corrected chi connectivity index (χ3v) is 2.14. The lowest BCUT2D eigenvalue weighted by atomic mass is 10.1. The van der Waals surface area contributed by atoms with Crippen LogP contribution in [0.15, 0.2) is 0 Å². The van der Waals surface area contributed by atoms with Crippen LogP contribution in [-0.4, -0.2) is 49.7 Å². The van der Waals surface area contributed by atoms with E-state index in [0.29, 0.717) is 19.3 Å². The van der Waals surface area contributed by atoms with E-state index in [1.807, 2.05) is 0 Å². The van der Waals surface area contributed by atoms with Gasteiger partial charge in [-0.2, -0.15) is 0 Å². The number of aliphatic hydroxyl groups excluding tert-OH is 1. The minimum absolute atomic E-state index is 0.115. The van der Waals surface area contributed by atoms with Gasteiger partial charge in [-0.05, 0) is 0 Å². The summed E-state index contributed by atoms with van der Waals surface area (Å²) in [5, 5.41) is 12.6. The average Bonchev–Trinajstić information content (AvgIpc) is 2.27. The van der Waals surface area contributed by atoms with Crippen LogP contribution in [0.4, 0.5) is 0 Å². The van der Waals surface area contributed by atoms with Crippen molar-refractivity contribution in [2.45, 2.75) is 18.2 Å². The summed E-state index contributed by atoms with van der Waals surface area (Å²) in [5.41, 5.74) is 0. The fourth-order valence-corrected chi connectivity index (χ4v) is 1.34. The standard InChI is InChI=1S/C7H13NO3/c9-7-4-11-3-6(7)8-5-1-10-2-5/h5-9H,1-4H2/t6-,7-/m1/s1. The number of hydrogen-bond acceptors (Lipinski definition) is 4. The molecule has 4 heteroatoms. The van der Waals surface area contributed by atoms with E-state index in [4.69, 9.17) is 9.47 Å². The summed E-state index contributed by atoms with van der Waals surface area (Å²) in [7, 11) is 0. The number of ether oxygens (including phenoxy) is 2. The first-order valence-electron chi connectivity index (χ1n) is 3.96. The van der Waals surface area contributed by atoms with Gasteiger partial charge in [0, 0.05) is 0 Å². The van der Waals surface area contributed by atoms with Gasteiger partial charge in [-0.25, -0.2) is 0 Å². The largest absolute Gasteiger partial charge is 0.389 e. The monoisotopic (exact) mass is 159 g/mol. The summed E-state index contributed by atoms with van der Waals surface area (Å²) in [4.78, 5) is 0. The Balaban J connectivity index is 1.75. The third-order valence-electron chi connectivity index (χ3n) is 2.14. The summed E-state index contributed by atoms with van der Waals surface area (Å²) in [6, 6.07) is 0.542. The van der Waals surface area contributed by atoms with Crippen molar-refractivity contribution in [2.24, 2.45) is 0 Å². The molecule has 0 spiro atoms. The SMILES string of the molecule is O[C@@H]1COC[C@H]1NC1COC1. The molecule has 2 heterocycles. The highest BCUT2D eigenvalue weighted by Crippen LogP contribution is 2.08. The zero-order valence-corrected chi connectivity index (χ0v) is 6.32. The van der Waals surface area contributed by atoms with Crippen molar-refractivity contribution in [3.05, 3.63) is 0 Å². The highest BCUT2D eigenvalue weighted by atomic mass is 16.5. The van der Waals surface area contributed by atoms with Crippen molar-refractivity contribution in [3.63, 3.8) is 0 Å². The van der Waals surface area contributed by atoms with E-state index in [9.17, 15) is 5.11 Å². The van der Waals surface area contributed by atoms with Gasteiger partial charge in [-0.15, -0.1) is 0 Å². The van der Waals surface area contributed by atoms with Crippen molar-refractivity contribution >= 4 is 0 Å². The molecule has 2 aliphatic rings. The Bertz CT molecular complexity index is 138. The Morgan fingerprint density at radius 1 is 1.09 bits per heavy atom. The molecule has 4 nitrogen and oxygen atoms in total. The number of aliphatic hydroxyl groups is 1. The summed E-state index contributed by atoms with van der Waals surface area (Å²) >= 11 is 0. The first kappa shape index (κ1) is 7.49. The van der Waals surface area contributed by atoms with Crippen LogP contribution in [0, 0.1) is 0 Å². The highest BCUT2D eigenvalue weighted by Gasteiger charge is 2.30. The van der Waals surface area contributed by atoms with E-state index < -0.39 is 0 Å². The molecular weight excluding hydrogens is 146 g/mol. The molecule has 0 unspecified atom stereocenters. The van der Waals surface area contributed by atoms with Crippen LogP contribution in [-0.2, 0) is 9.47 Å². The van der Waals surface area contributed by atoms with Gasteiger partial charge in [0.1, 0.15) is 0 Å². The fraction of sp³-hybridized carbons (Fsp3) is 1.00. The van der Waals surface area contributed by atoms with Crippen molar-refractivity contribution in [1.29, 1.82) is 0 Å². The molecule has 11 heavy (non-hydrogen) atoms. The lowest BCUT2D eigenvalue weighted by molar-refractivity contribution is -0.0154. The zero-order valence-electron chi connectivity index (χ0n) is 6.32. The van der Waals surface area contributed by atoms with E-state index in [2.05, 4.69) is 5.32 Å². The Morgan fingerprint density at radius 3 is 2.27 bits per heavy atom. The smallest absolute Gasteiger partial charge is 0.0948 e. The summed E-state index contributed by atoms with van der Waals surface area (Å²) in [6.45, 7) is 2.62. The molecule has 0 aliphatic carbocycles. The second-order valence-electron chi connectivity index (χ2n) is 3.11. The molecule has 0 saturated carbocycles. The van der Waals surface area contributed by atoms with E-state index in [-0.39, 0.29) is 12.1 Å². The zero-order chi connectivity index (χ0) is 7.68. The van der Waals surface area contributed by atoms with Gasteiger partial charge in [0.15, 0.2) is 0 Å². The third kappa shape index (κ3) is 1.54. The van der Waals surface area contributed by atoms with Crippen LogP contribution >= 0.6 is 0 Å². The highest BCUT2D eigenvalue weighted by molar-refractivity contribution is 4.86. The second kappa shape index (κ2) is 3.06. The minimum Gasteiger partial charge on any atom is -0.389 e. The predicted molar refractivity (Wildman–Crippen MR) is 38.4 cm³/mol. The van der Waals surface area contributed by atoms with Gasteiger partial charge in [-0.1, -0.05) is 0 Å². The summed E-state index contributed by atoms with van der Waals surface area (Å²) in [6.07, 6.45) is -0.337.